The molecule has 0 saturated carbocycles. The van der Waals surface area contributed by atoms with E-state index in [0.29, 0.717) is 66.1 Å². The molecule has 0 aliphatic carbocycles. The molecular formula is C26H25F2N9O. The van der Waals surface area contributed by atoms with E-state index in [9.17, 15) is 8.78 Å². The monoisotopic (exact) mass is 517 g/mol. The number of halogens is 2. The highest BCUT2D eigenvalue weighted by Crippen LogP contribution is 2.27. The Morgan fingerprint density at radius 1 is 1.03 bits per heavy atom. The second-order valence-corrected chi connectivity index (χ2v) is 8.89. The third kappa shape index (κ3) is 4.73. The molecule has 38 heavy (non-hydrogen) atoms. The Morgan fingerprint density at radius 3 is 2.58 bits per heavy atom. The number of morpholine rings is 1. The standard InChI is InChI=1S/C26H25F2N9O/c27-25(28)37-15-21(14-32-37)36-16-31-22-23(33-26(34-24(22)36)35-8-10-38-11-9-35)30-13-17-4-6-18(7-5-17)19-2-1-3-20(29)12-19/h1-7,12,14-16,25H,8-11,13,29H2,(H,30,33,34). The molecule has 4 heterocycles. The minimum Gasteiger partial charge on any atom is -0.399 e. The van der Waals surface area contributed by atoms with E-state index in [1.165, 1.54) is 12.4 Å². The molecule has 1 saturated heterocycles. The van der Waals surface area contributed by atoms with Gasteiger partial charge < -0.3 is 20.7 Å². The molecule has 0 unspecified atom stereocenters. The van der Waals surface area contributed by atoms with Crippen LogP contribution in [-0.2, 0) is 11.3 Å². The molecule has 3 aromatic heterocycles. The second-order valence-electron chi connectivity index (χ2n) is 8.89. The number of rotatable bonds is 7. The Hall–Kier alpha value is -4.58. The Bertz CT molecular complexity index is 1560. The minimum absolute atomic E-state index is 0.433. The summed E-state index contributed by atoms with van der Waals surface area (Å²) in [4.78, 5) is 16.1. The van der Waals surface area contributed by atoms with Gasteiger partial charge in [-0.2, -0.15) is 23.8 Å². The Kier molecular flexibility index (Phi) is 6.30. The van der Waals surface area contributed by atoms with Gasteiger partial charge in [0.25, 0.3) is 0 Å². The van der Waals surface area contributed by atoms with Gasteiger partial charge >= 0.3 is 6.55 Å². The third-order valence-electron chi connectivity index (χ3n) is 6.38. The van der Waals surface area contributed by atoms with E-state index in [1.54, 1.807) is 10.9 Å². The summed E-state index contributed by atoms with van der Waals surface area (Å²) in [7, 11) is 0. The van der Waals surface area contributed by atoms with Gasteiger partial charge in [0.05, 0.1) is 31.3 Å². The van der Waals surface area contributed by atoms with Crippen molar-refractivity contribution in [2.24, 2.45) is 0 Å². The number of alkyl halides is 2. The van der Waals surface area contributed by atoms with E-state index in [1.807, 2.05) is 41.3 Å². The zero-order valence-corrected chi connectivity index (χ0v) is 20.3. The average Bonchev–Trinajstić information content (AvgIpc) is 3.60. The number of imidazole rings is 1. The molecule has 0 spiro atoms. The van der Waals surface area contributed by atoms with Crippen LogP contribution in [0.3, 0.4) is 0 Å². The highest BCUT2D eigenvalue weighted by atomic mass is 19.3. The first-order valence-corrected chi connectivity index (χ1v) is 12.1. The van der Waals surface area contributed by atoms with Crippen molar-refractivity contribution < 1.29 is 13.5 Å². The van der Waals surface area contributed by atoms with Crippen molar-refractivity contribution in [3.63, 3.8) is 0 Å². The summed E-state index contributed by atoms with van der Waals surface area (Å²) in [6.07, 6.45) is 4.16. The predicted molar refractivity (Wildman–Crippen MR) is 140 cm³/mol. The van der Waals surface area contributed by atoms with Gasteiger partial charge in [-0.25, -0.2) is 9.67 Å². The molecule has 3 N–H and O–H groups in total. The first kappa shape index (κ1) is 23.8. The van der Waals surface area contributed by atoms with Crippen molar-refractivity contribution in [3.8, 4) is 16.8 Å². The number of ether oxygens (including phenoxy) is 1. The number of nitrogens with zero attached hydrogens (tertiary/aromatic N) is 7. The van der Waals surface area contributed by atoms with Gasteiger partial charge in [-0.1, -0.05) is 36.4 Å². The van der Waals surface area contributed by atoms with Gasteiger partial charge in [-0.15, -0.1) is 0 Å². The fraction of sp³-hybridized carbons (Fsp3) is 0.231. The lowest BCUT2D eigenvalue weighted by Crippen LogP contribution is -2.37. The molecule has 0 atom stereocenters. The molecule has 2 aromatic carbocycles. The summed E-state index contributed by atoms with van der Waals surface area (Å²) in [6.45, 7) is 0.206. The molecule has 1 aliphatic heterocycles. The Labute approximate surface area is 216 Å². The lowest BCUT2D eigenvalue weighted by molar-refractivity contribution is 0.0566. The number of fused-ring (bicyclic) bond motifs is 1. The zero-order chi connectivity index (χ0) is 26.1. The maximum absolute atomic E-state index is 13.1. The molecule has 0 radical (unpaired) electrons. The van der Waals surface area contributed by atoms with Gasteiger partial charge in [0, 0.05) is 25.3 Å². The fourth-order valence-electron chi connectivity index (χ4n) is 4.38. The number of hydrogen-bond donors (Lipinski definition) is 2. The van der Waals surface area contributed by atoms with E-state index in [4.69, 9.17) is 20.4 Å². The van der Waals surface area contributed by atoms with Crippen LogP contribution in [0.25, 0.3) is 28.0 Å². The van der Waals surface area contributed by atoms with Crippen molar-refractivity contribution in [2.75, 3.05) is 42.3 Å². The van der Waals surface area contributed by atoms with Crippen LogP contribution >= 0.6 is 0 Å². The summed E-state index contributed by atoms with van der Waals surface area (Å²) in [5.74, 6) is 1.07. The number of nitrogens with one attached hydrogen (secondary N) is 1. The number of anilines is 3. The molecule has 6 rings (SSSR count). The minimum atomic E-state index is -2.74. The number of nitrogens with two attached hydrogens (primary N) is 1. The lowest BCUT2D eigenvalue weighted by Gasteiger charge is -2.27. The highest BCUT2D eigenvalue weighted by Gasteiger charge is 2.20. The van der Waals surface area contributed by atoms with E-state index in [0.717, 1.165) is 22.4 Å². The van der Waals surface area contributed by atoms with Crippen LogP contribution in [0.4, 0.5) is 26.2 Å². The smallest absolute Gasteiger partial charge is 0.333 e. The molecule has 12 heteroatoms. The van der Waals surface area contributed by atoms with Crippen LogP contribution in [0.2, 0.25) is 0 Å². The van der Waals surface area contributed by atoms with Crippen molar-refractivity contribution in [2.45, 2.75) is 13.1 Å². The number of aromatic nitrogens is 6. The summed E-state index contributed by atoms with van der Waals surface area (Å²) in [5, 5.41) is 7.14. The molecule has 0 bridgehead atoms. The van der Waals surface area contributed by atoms with Crippen molar-refractivity contribution in [1.82, 2.24) is 29.3 Å². The molecule has 0 amide bonds. The second kappa shape index (κ2) is 10.1. The van der Waals surface area contributed by atoms with Crippen LogP contribution in [0.15, 0.2) is 67.3 Å². The van der Waals surface area contributed by atoms with Crippen LogP contribution in [0, 0.1) is 0 Å². The fourth-order valence-corrected chi connectivity index (χ4v) is 4.38. The maximum atomic E-state index is 13.1. The summed E-state index contributed by atoms with van der Waals surface area (Å²) < 4.78 is 34.0. The van der Waals surface area contributed by atoms with Gasteiger partial charge in [0.1, 0.15) is 6.33 Å². The maximum Gasteiger partial charge on any atom is 0.333 e. The largest absolute Gasteiger partial charge is 0.399 e. The quantitative estimate of drug-likeness (QED) is 0.310. The zero-order valence-electron chi connectivity index (χ0n) is 20.3. The Balaban J connectivity index is 1.31. The summed E-state index contributed by atoms with van der Waals surface area (Å²) in [5.41, 5.74) is 11.3. The molecule has 5 aromatic rings. The van der Waals surface area contributed by atoms with E-state index >= 15 is 0 Å². The number of nitrogen functional groups attached to an aromatic ring is 1. The van der Waals surface area contributed by atoms with E-state index in [2.05, 4.69) is 27.5 Å². The van der Waals surface area contributed by atoms with Crippen LogP contribution in [0.1, 0.15) is 12.1 Å². The highest BCUT2D eigenvalue weighted by molar-refractivity contribution is 5.85. The topological polar surface area (TPSA) is 112 Å². The SMILES string of the molecule is Nc1cccc(-c2ccc(CNc3nc(N4CCOCC4)nc4c3ncn4-c3cnn(C(F)F)c3)cc2)c1. The molecular weight excluding hydrogens is 492 g/mol. The van der Waals surface area contributed by atoms with Crippen LogP contribution in [0.5, 0.6) is 0 Å². The first-order chi connectivity index (χ1) is 18.5. The van der Waals surface area contributed by atoms with Crippen molar-refractivity contribution >= 4 is 28.6 Å². The summed E-state index contributed by atoms with van der Waals surface area (Å²) in [6, 6.07) is 16.0. The van der Waals surface area contributed by atoms with Gasteiger partial charge in [0.15, 0.2) is 17.0 Å². The molecule has 10 nitrogen and oxygen atoms in total. The van der Waals surface area contributed by atoms with E-state index in [-0.39, 0.29) is 0 Å². The Morgan fingerprint density at radius 2 is 1.84 bits per heavy atom. The lowest BCUT2D eigenvalue weighted by atomic mass is 10.0. The van der Waals surface area contributed by atoms with Gasteiger partial charge in [0.2, 0.25) is 5.95 Å². The first-order valence-electron chi connectivity index (χ1n) is 12.1. The normalized spacial score (nSPS) is 13.9. The number of benzene rings is 2. The molecule has 1 aliphatic rings. The molecule has 194 valence electrons. The number of hydrogen-bond acceptors (Lipinski definition) is 8. The third-order valence-corrected chi connectivity index (χ3v) is 6.38. The van der Waals surface area contributed by atoms with Crippen molar-refractivity contribution in [3.05, 3.63) is 72.8 Å². The van der Waals surface area contributed by atoms with Crippen LogP contribution in [-0.4, -0.2) is 55.6 Å². The van der Waals surface area contributed by atoms with Gasteiger partial charge in [-0.05, 0) is 28.8 Å². The van der Waals surface area contributed by atoms with Crippen molar-refractivity contribution in [1.29, 1.82) is 0 Å². The van der Waals surface area contributed by atoms with Gasteiger partial charge in [-0.3, -0.25) is 4.57 Å². The van der Waals surface area contributed by atoms with E-state index < -0.39 is 6.55 Å². The molecule has 1 fully saturated rings. The van der Waals surface area contributed by atoms with Crippen LogP contribution < -0.4 is 16.0 Å². The average molecular weight is 518 g/mol. The summed E-state index contributed by atoms with van der Waals surface area (Å²) >= 11 is 0. The predicted octanol–water partition coefficient (Wildman–Crippen LogP) is 4.11.